The second kappa shape index (κ2) is 8.91. The maximum Gasteiger partial charge on any atom is 0.264 e. The van der Waals surface area contributed by atoms with Gasteiger partial charge in [-0.15, -0.1) is 0 Å². The molecule has 0 amide bonds. The maximum atomic E-state index is 10.3. The molecule has 2 aliphatic heterocycles. The fraction of sp³-hybridized carbons (Fsp3) is 1.00. The zero-order valence-corrected chi connectivity index (χ0v) is 14.6. The lowest BCUT2D eigenvalue weighted by molar-refractivity contribution is -0.385. The average molecular weight is 403 g/mol. The number of ether oxygens (including phenoxy) is 3. The lowest BCUT2D eigenvalue weighted by Gasteiger charge is -2.48. The van der Waals surface area contributed by atoms with Gasteiger partial charge in [-0.3, -0.25) is 0 Å². The third-order valence-electron chi connectivity index (χ3n) is 4.33. The molecule has 26 heavy (non-hydrogen) atoms. The van der Waals surface area contributed by atoms with Gasteiger partial charge < -0.3 is 55.1 Å². The van der Waals surface area contributed by atoms with Crippen molar-refractivity contribution in [2.45, 2.75) is 61.0 Å². The molecular formula is C13H25NO11S. The standard InChI is InChI=1S/C13H25NO11S/c1-26-14-13(22)11(21)9(20)10(5(3-16)25-13)24-12-8(19)7(18)6(17)4(2-15)23-12/h4-12,14-22H,2-3H2,1H3/t4-,5-,6+,7+,8-,9+,10-,11-,12+,13?/m1/s1. The second-order valence-corrected chi connectivity index (χ2v) is 6.69. The summed E-state index contributed by atoms with van der Waals surface area (Å²) in [5.74, 6) is -2.37. The van der Waals surface area contributed by atoms with Gasteiger partial charge in [0, 0.05) is 0 Å². The SMILES string of the molecule is CSNC1(O)O[C@H](CO)[C@@H](O[C@@H]2O[C@H](CO)[C@H](O)[C@H](O)[C@H]2O)[C@H](O)[C@H]1O. The van der Waals surface area contributed by atoms with Gasteiger partial charge in [0.25, 0.3) is 5.91 Å². The maximum absolute atomic E-state index is 10.3. The van der Waals surface area contributed by atoms with Gasteiger partial charge >= 0.3 is 0 Å². The molecule has 0 bridgehead atoms. The number of hydrogen-bond donors (Lipinski definition) is 9. The molecule has 154 valence electrons. The van der Waals surface area contributed by atoms with Gasteiger partial charge in [0.1, 0.15) is 42.7 Å². The zero-order valence-electron chi connectivity index (χ0n) is 13.8. The summed E-state index contributed by atoms with van der Waals surface area (Å²) >= 11 is 0.894. The molecule has 2 heterocycles. The minimum atomic E-state index is -2.37. The summed E-state index contributed by atoms with van der Waals surface area (Å²) in [4.78, 5) is 0. The van der Waals surface area contributed by atoms with Crippen LogP contribution in [0, 0.1) is 0 Å². The van der Waals surface area contributed by atoms with Crippen molar-refractivity contribution in [3.05, 3.63) is 0 Å². The Morgan fingerprint density at radius 1 is 0.962 bits per heavy atom. The van der Waals surface area contributed by atoms with Crippen molar-refractivity contribution in [1.29, 1.82) is 0 Å². The minimum absolute atomic E-state index is 0.683. The molecule has 0 aliphatic carbocycles. The van der Waals surface area contributed by atoms with Crippen LogP contribution < -0.4 is 4.72 Å². The predicted molar refractivity (Wildman–Crippen MR) is 84.2 cm³/mol. The van der Waals surface area contributed by atoms with Crippen LogP contribution in [-0.2, 0) is 14.2 Å². The Labute approximate surface area is 153 Å². The lowest BCUT2D eigenvalue weighted by atomic mass is 9.95. The summed E-state index contributed by atoms with van der Waals surface area (Å²) in [6.07, 6.45) is -12.9. The Hall–Kier alpha value is -0.130. The average Bonchev–Trinajstić information content (AvgIpc) is 2.62. The van der Waals surface area contributed by atoms with Crippen LogP contribution in [-0.4, -0.2) is 121 Å². The van der Waals surface area contributed by atoms with Crippen molar-refractivity contribution in [2.24, 2.45) is 0 Å². The molecule has 13 heteroatoms. The van der Waals surface area contributed by atoms with Crippen molar-refractivity contribution in [3.8, 4) is 0 Å². The molecule has 2 rings (SSSR count). The number of rotatable bonds is 6. The Morgan fingerprint density at radius 3 is 2.12 bits per heavy atom. The van der Waals surface area contributed by atoms with E-state index in [4.69, 9.17) is 14.2 Å². The summed E-state index contributed by atoms with van der Waals surface area (Å²) in [5.41, 5.74) is 0. The highest BCUT2D eigenvalue weighted by Crippen LogP contribution is 2.32. The van der Waals surface area contributed by atoms with Crippen molar-refractivity contribution >= 4 is 11.9 Å². The van der Waals surface area contributed by atoms with Gasteiger partial charge in [-0.2, -0.15) is 0 Å². The first kappa shape index (κ1) is 22.2. The van der Waals surface area contributed by atoms with Gasteiger partial charge in [-0.1, -0.05) is 11.9 Å². The van der Waals surface area contributed by atoms with Crippen LogP contribution >= 0.6 is 11.9 Å². The number of hydrogen-bond acceptors (Lipinski definition) is 13. The normalized spacial score (nSPS) is 50.0. The third-order valence-corrected chi connectivity index (χ3v) is 4.82. The molecule has 2 aliphatic rings. The quantitative estimate of drug-likeness (QED) is 0.151. The summed E-state index contributed by atoms with van der Waals surface area (Å²) in [6, 6.07) is 0. The molecule has 0 aromatic rings. The molecule has 0 aromatic carbocycles. The van der Waals surface area contributed by atoms with Crippen LogP contribution in [0.5, 0.6) is 0 Å². The first-order valence-corrected chi connectivity index (χ1v) is 9.06. The summed E-state index contributed by atoms with van der Waals surface area (Å²) in [5, 5.41) is 78.8. The highest BCUT2D eigenvalue weighted by molar-refractivity contribution is 7.96. The second-order valence-electron chi connectivity index (χ2n) is 6.07. The van der Waals surface area contributed by atoms with Crippen LogP contribution in [0.3, 0.4) is 0 Å². The van der Waals surface area contributed by atoms with E-state index in [-0.39, 0.29) is 0 Å². The van der Waals surface area contributed by atoms with Crippen LogP contribution in [0.15, 0.2) is 0 Å². The Kier molecular flexibility index (Phi) is 7.60. The van der Waals surface area contributed by atoms with E-state index in [0.29, 0.717) is 0 Å². The Bertz CT molecular complexity index is 458. The lowest BCUT2D eigenvalue weighted by Crippen LogP contribution is -2.71. The molecule has 0 radical (unpaired) electrons. The van der Waals surface area contributed by atoms with Crippen LogP contribution in [0.4, 0.5) is 0 Å². The molecule has 2 saturated heterocycles. The summed E-state index contributed by atoms with van der Waals surface area (Å²) in [7, 11) is 0. The Balaban J connectivity index is 2.16. The summed E-state index contributed by atoms with van der Waals surface area (Å²) < 4.78 is 18.1. The molecule has 0 saturated carbocycles. The molecular weight excluding hydrogens is 378 g/mol. The van der Waals surface area contributed by atoms with Gasteiger partial charge in [-0.25, -0.2) is 4.72 Å². The summed E-state index contributed by atoms with van der Waals surface area (Å²) in [6.45, 7) is -1.41. The highest BCUT2D eigenvalue weighted by Gasteiger charge is 2.55. The van der Waals surface area contributed by atoms with E-state index in [1.165, 1.54) is 6.26 Å². The third kappa shape index (κ3) is 4.15. The molecule has 0 aromatic heterocycles. The largest absolute Gasteiger partial charge is 0.394 e. The predicted octanol–water partition coefficient (Wildman–Crippen LogP) is -5.20. The van der Waals surface area contributed by atoms with Gasteiger partial charge in [0.15, 0.2) is 12.4 Å². The molecule has 2 fully saturated rings. The topological polar surface area (TPSA) is 202 Å². The van der Waals surface area contributed by atoms with Crippen LogP contribution in [0.1, 0.15) is 0 Å². The molecule has 1 unspecified atom stereocenters. The van der Waals surface area contributed by atoms with Gasteiger partial charge in [-0.05, 0) is 6.26 Å². The van der Waals surface area contributed by atoms with Crippen molar-refractivity contribution in [1.82, 2.24) is 4.72 Å². The van der Waals surface area contributed by atoms with E-state index < -0.39 is 74.2 Å². The van der Waals surface area contributed by atoms with Crippen molar-refractivity contribution < 1.29 is 55.1 Å². The zero-order chi connectivity index (χ0) is 19.6. The van der Waals surface area contributed by atoms with E-state index in [1.807, 2.05) is 0 Å². The fourth-order valence-corrected chi connectivity index (χ4v) is 3.33. The first-order valence-electron chi connectivity index (χ1n) is 7.83. The monoisotopic (exact) mass is 403 g/mol. The fourth-order valence-electron chi connectivity index (χ4n) is 2.87. The smallest absolute Gasteiger partial charge is 0.264 e. The van der Waals surface area contributed by atoms with Crippen LogP contribution in [0.25, 0.3) is 0 Å². The van der Waals surface area contributed by atoms with E-state index in [2.05, 4.69) is 4.72 Å². The highest BCUT2D eigenvalue weighted by atomic mass is 32.2. The number of aliphatic hydroxyl groups is 8. The van der Waals surface area contributed by atoms with E-state index in [1.54, 1.807) is 0 Å². The Morgan fingerprint density at radius 2 is 1.58 bits per heavy atom. The van der Waals surface area contributed by atoms with Crippen LogP contribution in [0.2, 0.25) is 0 Å². The molecule has 9 N–H and O–H groups in total. The molecule has 12 nitrogen and oxygen atoms in total. The molecule has 0 spiro atoms. The number of nitrogens with one attached hydrogen (secondary N) is 1. The van der Waals surface area contributed by atoms with E-state index in [0.717, 1.165) is 11.9 Å². The van der Waals surface area contributed by atoms with E-state index >= 15 is 0 Å². The minimum Gasteiger partial charge on any atom is -0.394 e. The number of aliphatic hydroxyl groups excluding tert-OH is 7. The van der Waals surface area contributed by atoms with Crippen molar-refractivity contribution in [3.63, 3.8) is 0 Å². The molecule has 10 atom stereocenters. The van der Waals surface area contributed by atoms with Gasteiger partial charge in [0.2, 0.25) is 0 Å². The van der Waals surface area contributed by atoms with Crippen molar-refractivity contribution in [2.75, 3.05) is 19.5 Å². The van der Waals surface area contributed by atoms with Gasteiger partial charge in [0.05, 0.1) is 13.2 Å². The van der Waals surface area contributed by atoms with E-state index in [9.17, 15) is 40.9 Å². The first-order chi connectivity index (χ1) is 12.2.